The number of hydrogen-bond donors (Lipinski definition) is 0. The van der Waals surface area contributed by atoms with E-state index >= 15 is 0 Å². The first-order chi connectivity index (χ1) is 13.1. The Kier molecular flexibility index (Phi) is 5.23. The number of aromatic nitrogens is 2. The second-order valence-electron chi connectivity index (χ2n) is 7.21. The van der Waals surface area contributed by atoms with Gasteiger partial charge in [0.1, 0.15) is 5.82 Å². The average molecular weight is 386 g/mol. The molecule has 2 aromatic carbocycles. The van der Waals surface area contributed by atoms with Crippen molar-refractivity contribution in [1.29, 1.82) is 0 Å². The number of piperidine rings is 1. The Morgan fingerprint density at radius 3 is 2.74 bits per heavy atom. The van der Waals surface area contributed by atoms with Crippen LogP contribution in [0.4, 0.5) is 4.39 Å². The molecule has 0 spiro atoms. The van der Waals surface area contributed by atoms with E-state index in [1.54, 1.807) is 10.9 Å². The second-order valence-corrected chi connectivity index (χ2v) is 7.65. The van der Waals surface area contributed by atoms with Crippen molar-refractivity contribution in [2.24, 2.45) is 5.92 Å². The zero-order valence-corrected chi connectivity index (χ0v) is 15.7. The van der Waals surface area contributed by atoms with Gasteiger partial charge < -0.3 is 0 Å². The maximum absolute atomic E-state index is 13.3. The van der Waals surface area contributed by atoms with Crippen molar-refractivity contribution in [3.8, 4) is 0 Å². The third kappa shape index (κ3) is 4.20. The Balaban J connectivity index is 1.39. The molecule has 0 atom stereocenters. The Morgan fingerprint density at radius 1 is 1.15 bits per heavy atom. The molecule has 0 saturated carbocycles. The molecular weight excluding hydrogens is 365 g/mol. The number of fused-ring (bicyclic) bond motifs is 1. The van der Waals surface area contributed by atoms with Crippen LogP contribution in [-0.2, 0) is 13.1 Å². The Bertz CT molecular complexity index is 1010. The number of rotatable bonds is 4. The van der Waals surface area contributed by atoms with Crippen LogP contribution in [0.25, 0.3) is 10.9 Å². The number of nitrogens with zero attached hydrogens (tertiary/aromatic N) is 3. The first kappa shape index (κ1) is 18.1. The SMILES string of the molecule is O=c1c2ccc(F)cc2ncn1CC1CCN(Cc2cccc(Cl)c2)CC1. The minimum atomic E-state index is -0.376. The summed E-state index contributed by atoms with van der Waals surface area (Å²) in [5, 5.41) is 1.24. The predicted molar refractivity (Wildman–Crippen MR) is 105 cm³/mol. The van der Waals surface area contributed by atoms with Gasteiger partial charge in [-0.2, -0.15) is 0 Å². The maximum Gasteiger partial charge on any atom is 0.261 e. The molecular formula is C21H21ClFN3O. The highest BCUT2D eigenvalue weighted by Crippen LogP contribution is 2.21. The van der Waals surface area contributed by atoms with Crippen LogP contribution in [0.3, 0.4) is 0 Å². The molecule has 1 aliphatic rings. The highest BCUT2D eigenvalue weighted by Gasteiger charge is 2.20. The lowest BCUT2D eigenvalue weighted by Crippen LogP contribution is -2.36. The van der Waals surface area contributed by atoms with E-state index in [1.165, 1.54) is 23.8 Å². The molecule has 1 fully saturated rings. The smallest absolute Gasteiger partial charge is 0.261 e. The molecule has 4 rings (SSSR count). The van der Waals surface area contributed by atoms with Crippen LogP contribution in [0.5, 0.6) is 0 Å². The van der Waals surface area contributed by atoms with Gasteiger partial charge in [-0.3, -0.25) is 14.3 Å². The molecule has 2 heterocycles. The topological polar surface area (TPSA) is 38.1 Å². The van der Waals surface area contributed by atoms with E-state index in [0.717, 1.165) is 37.5 Å². The molecule has 6 heteroatoms. The van der Waals surface area contributed by atoms with Crippen LogP contribution >= 0.6 is 11.6 Å². The maximum atomic E-state index is 13.3. The van der Waals surface area contributed by atoms with Gasteiger partial charge in [-0.1, -0.05) is 23.7 Å². The van der Waals surface area contributed by atoms with E-state index in [1.807, 2.05) is 18.2 Å². The summed E-state index contributed by atoms with van der Waals surface area (Å²) in [7, 11) is 0. The quantitative estimate of drug-likeness (QED) is 0.678. The van der Waals surface area contributed by atoms with Crippen molar-refractivity contribution >= 4 is 22.5 Å². The zero-order chi connectivity index (χ0) is 18.8. The van der Waals surface area contributed by atoms with Crippen LogP contribution in [0.2, 0.25) is 5.02 Å². The van der Waals surface area contributed by atoms with Gasteiger partial charge in [0.15, 0.2) is 0 Å². The van der Waals surface area contributed by atoms with E-state index in [9.17, 15) is 9.18 Å². The standard InChI is InChI=1S/C21H21ClFN3O/c22-17-3-1-2-16(10-17)12-25-8-6-15(7-9-25)13-26-14-24-20-11-18(23)4-5-19(20)21(26)27/h1-5,10-11,14-15H,6-9,12-13H2. The normalized spacial score (nSPS) is 16.1. The summed E-state index contributed by atoms with van der Waals surface area (Å²) in [6.07, 6.45) is 3.62. The summed E-state index contributed by atoms with van der Waals surface area (Å²) in [5.74, 6) is 0.0669. The van der Waals surface area contributed by atoms with Crippen LogP contribution in [0, 0.1) is 11.7 Å². The van der Waals surface area contributed by atoms with E-state index < -0.39 is 0 Å². The molecule has 1 aliphatic heterocycles. The monoisotopic (exact) mass is 385 g/mol. The Hall–Kier alpha value is -2.24. The van der Waals surface area contributed by atoms with Crippen molar-refractivity contribution in [2.75, 3.05) is 13.1 Å². The zero-order valence-electron chi connectivity index (χ0n) is 14.9. The van der Waals surface area contributed by atoms with Crippen molar-refractivity contribution in [1.82, 2.24) is 14.5 Å². The summed E-state index contributed by atoms with van der Waals surface area (Å²) < 4.78 is 15.0. The molecule has 4 nitrogen and oxygen atoms in total. The number of benzene rings is 2. The summed E-state index contributed by atoms with van der Waals surface area (Å²) >= 11 is 6.06. The fraction of sp³-hybridized carbons (Fsp3) is 0.333. The van der Waals surface area contributed by atoms with Crippen molar-refractivity contribution in [3.05, 3.63) is 75.5 Å². The van der Waals surface area contributed by atoms with E-state index in [2.05, 4.69) is 16.0 Å². The largest absolute Gasteiger partial charge is 0.299 e. The third-order valence-corrected chi connectivity index (χ3v) is 5.48. The van der Waals surface area contributed by atoms with Crippen molar-refractivity contribution < 1.29 is 4.39 Å². The van der Waals surface area contributed by atoms with E-state index in [-0.39, 0.29) is 11.4 Å². The molecule has 3 aromatic rings. The highest BCUT2D eigenvalue weighted by molar-refractivity contribution is 6.30. The number of hydrogen-bond acceptors (Lipinski definition) is 3. The molecule has 1 saturated heterocycles. The van der Waals surface area contributed by atoms with Gasteiger partial charge in [0.25, 0.3) is 5.56 Å². The number of likely N-dealkylation sites (tertiary alicyclic amines) is 1. The lowest BCUT2D eigenvalue weighted by Gasteiger charge is -2.32. The van der Waals surface area contributed by atoms with Gasteiger partial charge in [-0.05, 0) is 61.7 Å². The van der Waals surface area contributed by atoms with E-state index in [0.29, 0.717) is 23.4 Å². The minimum absolute atomic E-state index is 0.0960. The first-order valence-electron chi connectivity index (χ1n) is 9.20. The van der Waals surface area contributed by atoms with E-state index in [4.69, 9.17) is 11.6 Å². The molecule has 0 radical (unpaired) electrons. The summed E-state index contributed by atoms with van der Waals surface area (Å²) in [6.45, 7) is 3.55. The van der Waals surface area contributed by atoms with Crippen molar-refractivity contribution in [2.45, 2.75) is 25.9 Å². The Labute approximate surface area is 162 Å². The molecule has 27 heavy (non-hydrogen) atoms. The number of halogens is 2. The van der Waals surface area contributed by atoms with Gasteiger partial charge in [0.2, 0.25) is 0 Å². The molecule has 1 aromatic heterocycles. The molecule has 140 valence electrons. The van der Waals surface area contributed by atoms with Crippen molar-refractivity contribution in [3.63, 3.8) is 0 Å². The molecule has 0 aliphatic carbocycles. The van der Waals surface area contributed by atoms with Gasteiger partial charge in [-0.15, -0.1) is 0 Å². The minimum Gasteiger partial charge on any atom is -0.299 e. The summed E-state index contributed by atoms with van der Waals surface area (Å²) in [5.41, 5.74) is 1.54. The van der Waals surface area contributed by atoms with Gasteiger partial charge in [-0.25, -0.2) is 9.37 Å². The fourth-order valence-electron chi connectivity index (χ4n) is 3.76. The molecule has 0 bridgehead atoms. The van der Waals surface area contributed by atoms with Crippen LogP contribution in [0.15, 0.2) is 53.6 Å². The van der Waals surface area contributed by atoms with Crippen LogP contribution < -0.4 is 5.56 Å². The third-order valence-electron chi connectivity index (χ3n) is 5.24. The molecule has 0 N–H and O–H groups in total. The lowest BCUT2D eigenvalue weighted by atomic mass is 9.96. The fourth-order valence-corrected chi connectivity index (χ4v) is 3.97. The summed E-state index contributed by atoms with van der Waals surface area (Å²) in [4.78, 5) is 19.3. The van der Waals surface area contributed by atoms with Crippen LogP contribution in [0.1, 0.15) is 18.4 Å². The van der Waals surface area contributed by atoms with Gasteiger partial charge >= 0.3 is 0 Å². The lowest BCUT2D eigenvalue weighted by molar-refractivity contribution is 0.166. The second kappa shape index (κ2) is 7.79. The Morgan fingerprint density at radius 2 is 1.96 bits per heavy atom. The predicted octanol–water partition coefficient (Wildman–Crippen LogP) is 4.10. The summed E-state index contributed by atoms with van der Waals surface area (Å²) in [6, 6.07) is 12.1. The average Bonchev–Trinajstić information content (AvgIpc) is 2.65. The first-order valence-corrected chi connectivity index (χ1v) is 9.58. The van der Waals surface area contributed by atoms with Gasteiger partial charge in [0, 0.05) is 24.2 Å². The van der Waals surface area contributed by atoms with Gasteiger partial charge in [0.05, 0.1) is 17.2 Å². The molecule has 0 amide bonds. The van der Waals surface area contributed by atoms with Crippen LogP contribution in [-0.4, -0.2) is 27.5 Å². The highest BCUT2D eigenvalue weighted by atomic mass is 35.5. The molecule has 0 unspecified atom stereocenters.